The molecule has 0 saturated heterocycles. The number of allylic oxidation sites excluding steroid dienone is 1. The summed E-state index contributed by atoms with van der Waals surface area (Å²) in [7, 11) is 0.307. The summed E-state index contributed by atoms with van der Waals surface area (Å²) in [6.45, 7) is 5.81. The van der Waals surface area contributed by atoms with Gasteiger partial charge in [-0.2, -0.15) is 5.26 Å². The van der Waals surface area contributed by atoms with Crippen LogP contribution in [0.5, 0.6) is 0 Å². The molecule has 0 aliphatic rings. The third-order valence-electron chi connectivity index (χ3n) is 0.784. The Morgan fingerprint density at radius 3 is 2.88 bits per heavy atom. The van der Waals surface area contributed by atoms with Crippen LogP contribution in [-0.4, -0.2) is 0 Å². The van der Waals surface area contributed by atoms with Gasteiger partial charge in [0.25, 0.3) is 0 Å². The zero-order valence-electron chi connectivity index (χ0n) is 5.07. The van der Waals surface area contributed by atoms with Gasteiger partial charge >= 0.3 is 0 Å². The first-order valence-corrected chi connectivity index (χ1v) is 3.64. The van der Waals surface area contributed by atoms with E-state index in [0.717, 1.165) is 18.2 Å². The van der Waals surface area contributed by atoms with Gasteiger partial charge in [-0.15, -0.1) is 0 Å². The van der Waals surface area contributed by atoms with Crippen LogP contribution in [0.25, 0.3) is 0 Å². The molecule has 8 heavy (non-hydrogen) atoms. The van der Waals surface area contributed by atoms with Crippen LogP contribution in [0.3, 0.4) is 0 Å². The smallest absolute Gasteiger partial charge is 0.0883 e. The summed E-state index contributed by atoms with van der Waals surface area (Å²) < 4.78 is 0. The van der Waals surface area contributed by atoms with Crippen LogP contribution in [0.4, 0.5) is 0 Å². The minimum Gasteiger partial charge on any atom is -0.193 e. The van der Waals surface area contributed by atoms with Crippen LogP contribution in [0.1, 0.15) is 19.8 Å². The van der Waals surface area contributed by atoms with Crippen LogP contribution < -0.4 is 0 Å². The summed E-state index contributed by atoms with van der Waals surface area (Å²) in [6, 6.07) is 0. The fourth-order valence-electron chi connectivity index (χ4n) is 0.443. The Labute approximate surface area is 52.2 Å². The van der Waals surface area contributed by atoms with E-state index in [-0.39, 0.29) is 0 Å². The van der Waals surface area contributed by atoms with Crippen molar-refractivity contribution in [3.05, 3.63) is 11.9 Å². The van der Waals surface area contributed by atoms with E-state index in [1.54, 1.807) is 0 Å². The maximum Gasteiger partial charge on any atom is 0.0883 e. The molecule has 1 unspecified atom stereocenters. The van der Waals surface area contributed by atoms with E-state index in [2.05, 4.69) is 19.3 Å². The Morgan fingerprint density at radius 2 is 2.50 bits per heavy atom. The molecule has 0 amide bonds. The Balaban J connectivity index is 3.23. The Hall–Kier alpha value is -0.340. The second-order valence-electron chi connectivity index (χ2n) is 1.59. The fraction of sp³-hybridized carbons (Fsp3) is 0.500. The van der Waals surface area contributed by atoms with E-state index in [4.69, 9.17) is 5.26 Å². The third kappa shape index (κ3) is 3.84. The lowest BCUT2D eigenvalue weighted by atomic mass is 10.3. The van der Waals surface area contributed by atoms with Crippen LogP contribution >= 0.6 is 8.58 Å². The van der Waals surface area contributed by atoms with Crippen LogP contribution in [0.15, 0.2) is 11.9 Å². The highest BCUT2D eigenvalue weighted by atomic mass is 31.1. The van der Waals surface area contributed by atoms with Crippen molar-refractivity contribution < 1.29 is 0 Å². The second-order valence-corrected chi connectivity index (χ2v) is 2.77. The van der Waals surface area contributed by atoms with Gasteiger partial charge in [-0.1, -0.05) is 19.9 Å². The summed E-state index contributed by atoms with van der Waals surface area (Å²) in [5.41, 5.74) is 0. The van der Waals surface area contributed by atoms with Crippen molar-refractivity contribution in [1.29, 1.82) is 5.26 Å². The standard InChI is InChI=1S/C6H10NP/c1-3-4-6(2)8-5-7/h8H,2-4H2,1H3. The van der Waals surface area contributed by atoms with E-state index < -0.39 is 0 Å². The fourth-order valence-corrected chi connectivity index (χ4v) is 0.976. The molecule has 2 heteroatoms. The monoisotopic (exact) mass is 127 g/mol. The SMILES string of the molecule is C=C(CCC)PC#N. The maximum absolute atomic E-state index is 8.16. The molecule has 1 nitrogen and oxygen atoms in total. The lowest BCUT2D eigenvalue weighted by Crippen LogP contribution is -1.66. The molecule has 0 aliphatic heterocycles. The molecular weight excluding hydrogens is 117 g/mol. The van der Waals surface area contributed by atoms with Crippen molar-refractivity contribution in [2.24, 2.45) is 0 Å². The Kier molecular flexibility index (Phi) is 4.61. The topological polar surface area (TPSA) is 23.8 Å². The van der Waals surface area contributed by atoms with E-state index >= 15 is 0 Å². The number of rotatable bonds is 3. The predicted molar refractivity (Wildman–Crippen MR) is 38.0 cm³/mol. The van der Waals surface area contributed by atoms with Crippen molar-refractivity contribution in [3.8, 4) is 5.81 Å². The van der Waals surface area contributed by atoms with Gasteiger partial charge < -0.3 is 0 Å². The lowest BCUT2D eigenvalue weighted by molar-refractivity contribution is 0.949. The summed E-state index contributed by atoms with van der Waals surface area (Å²) in [5, 5.41) is 9.24. The highest BCUT2D eigenvalue weighted by Crippen LogP contribution is 2.23. The number of nitrogens with zero attached hydrogens (tertiary/aromatic N) is 1. The van der Waals surface area contributed by atoms with Gasteiger partial charge in [0.1, 0.15) is 0 Å². The van der Waals surface area contributed by atoms with Crippen molar-refractivity contribution in [2.75, 3.05) is 0 Å². The van der Waals surface area contributed by atoms with Gasteiger partial charge in [-0.3, -0.25) is 0 Å². The number of hydrogen-bond donors (Lipinski definition) is 0. The molecule has 0 aromatic heterocycles. The van der Waals surface area contributed by atoms with Gasteiger partial charge in [0, 0.05) is 8.58 Å². The Morgan fingerprint density at radius 1 is 1.88 bits per heavy atom. The first-order chi connectivity index (χ1) is 3.81. The van der Waals surface area contributed by atoms with Crippen molar-refractivity contribution >= 4 is 8.58 Å². The quantitative estimate of drug-likeness (QED) is 0.534. The van der Waals surface area contributed by atoms with Gasteiger partial charge in [-0.05, 0) is 11.7 Å². The molecule has 0 aliphatic carbocycles. The largest absolute Gasteiger partial charge is 0.193 e. The van der Waals surface area contributed by atoms with E-state index in [1.165, 1.54) is 0 Å². The minimum atomic E-state index is 0.307. The van der Waals surface area contributed by atoms with Gasteiger partial charge in [0.05, 0.1) is 5.81 Å². The number of nitriles is 1. The van der Waals surface area contributed by atoms with Crippen LogP contribution in [-0.2, 0) is 0 Å². The van der Waals surface area contributed by atoms with Crippen molar-refractivity contribution in [1.82, 2.24) is 0 Å². The van der Waals surface area contributed by atoms with Crippen LogP contribution in [0.2, 0.25) is 0 Å². The van der Waals surface area contributed by atoms with E-state index in [1.807, 2.05) is 0 Å². The molecule has 0 fully saturated rings. The molecule has 0 aromatic carbocycles. The molecule has 44 valence electrons. The second kappa shape index (κ2) is 4.81. The zero-order valence-corrected chi connectivity index (χ0v) is 6.07. The van der Waals surface area contributed by atoms with Gasteiger partial charge in [-0.25, -0.2) is 0 Å². The molecule has 0 saturated carbocycles. The minimum absolute atomic E-state index is 0.307. The highest BCUT2D eigenvalue weighted by molar-refractivity contribution is 7.48. The van der Waals surface area contributed by atoms with Crippen LogP contribution in [0, 0.1) is 11.1 Å². The molecule has 0 spiro atoms. The van der Waals surface area contributed by atoms with Crippen molar-refractivity contribution in [3.63, 3.8) is 0 Å². The molecule has 0 aromatic rings. The van der Waals surface area contributed by atoms with Gasteiger partial charge in [0.15, 0.2) is 0 Å². The first-order valence-electron chi connectivity index (χ1n) is 2.64. The first kappa shape index (κ1) is 7.66. The molecule has 0 N–H and O–H groups in total. The third-order valence-corrected chi connectivity index (χ3v) is 1.50. The van der Waals surface area contributed by atoms with Crippen molar-refractivity contribution in [2.45, 2.75) is 19.8 Å². The summed E-state index contributed by atoms with van der Waals surface area (Å²) in [6.07, 6.45) is 2.11. The Bertz CT molecular complexity index is 112. The number of hydrogen-bond acceptors (Lipinski definition) is 1. The average molecular weight is 127 g/mol. The van der Waals surface area contributed by atoms with E-state index in [9.17, 15) is 0 Å². The summed E-state index contributed by atoms with van der Waals surface area (Å²) in [4.78, 5) is 0. The summed E-state index contributed by atoms with van der Waals surface area (Å²) in [5.74, 6) is 2.08. The highest BCUT2D eigenvalue weighted by Gasteiger charge is 1.87. The normalized spacial score (nSPS) is 9.50. The predicted octanol–water partition coefficient (Wildman–Crippen LogP) is 2.46. The molecule has 0 radical (unpaired) electrons. The molecule has 0 bridgehead atoms. The molecule has 0 heterocycles. The average Bonchev–Trinajstić information content (AvgIpc) is 1.68. The van der Waals surface area contributed by atoms with E-state index in [0.29, 0.717) is 8.58 Å². The molecule has 1 atom stereocenters. The molecule has 0 rings (SSSR count). The summed E-state index contributed by atoms with van der Waals surface area (Å²) >= 11 is 0. The lowest BCUT2D eigenvalue weighted by Gasteiger charge is -1.92. The molecular formula is C6H10NP. The van der Waals surface area contributed by atoms with Gasteiger partial charge in [0.2, 0.25) is 0 Å². The maximum atomic E-state index is 8.16. The zero-order chi connectivity index (χ0) is 6.41.